The molecule has 1 aromatic rings. The van der Waals surface area contributed by atoms with Crippen molar-refractivity contribution in [2.75, 3.05) is 18.1 Å². The van der Waals surface area contributed by atoms with E-state index in [-0.39, 0.29) is 0 Å². The standard InChI is InChI=1S/C12H17FO2S/c1-3-16-7-6-15-10-4-5-11(9(2)14)12(13)8-10/h4-5,8-9,14H,3,6-7H2,1-2H3/t9-/m0/s1. The van der Waals surface area contributed by atoms with Crippen LogP contribution in [0.25, 0.3) is 0 Å². The molecule has 0 aliphatic heterocycles. The van der Waals surface area contributed by atoms with Crippen LogP contribution in [0.2, 0.25) is 0 Å². The second-order valence-corrected chi connectivity index (χ2v) is 4.80. The van der Waals surface area contributed by atoms with E-state index in [0.29, 0.717) is 17.9 Å². The van der Waals surface area contributed by atoms with Gasteiger partial charge in [-0.2, -0.15) is 11.8 Å². The summed E-state index contributed by atoms with van der Waals surface area (Å²) < 4.78 is 18.8. The third-order valence-corrected chi connectivity index (χ3v) is 2.99. The van der Waals surface area contributed by atoms with Gasteiger partial charge in [0.1, 0.15) is 11.6 Å². The molecule has 0 fully saturated rings. The van der Waals surface area contributed by atoms with E-state index in [1.807, 2.05) is 0 Å². The van der Waals surface area contributed by atoms with Gasteiger partial charge in [-0.15, -0.1) is 0 Å². The molecule has 4 heteroatoms. The lowest BCUT2D eigenvalue weighted by atomic mass is 10.1. The molecule has 0 radical (unpaired) electrons. The van der Waals surface area contributed by atoms with Crippen LogP contribution in [0.4, 0.5) is 4.39 Å². The molecule has 0 heterocycles. The molecule has 16 heavy (non-hydrogen) atoms. The van der Waals surface area contributed by atoms with E-state index >= 15 is 0 Å². The number of aliphatic hydroxyl groups is 1. The van der Waals surface area contributed by atoms with Gasteiger partial charge in [-0.05, 0) is 24.8 Å². The van der Waals surface area contributed by atoms with E-state index in [9.17, 15) is 9.50 Å². The van der Waals surface area contributed by atoms with Gasteiger partial charge in [-0.3, -0.25) is 0 Å². The number of aliphatic hydroxyl groups excluding tert-OH is 1. The molecule has 1 atom stereocenters. The zero-order chi connectivity index (χ0) is 12.0. The summed E-state index contributed by atoms with van der Waals surface area (Å²) in [6.07, 6.45) is -0.787. The van der Waals surface area contributed by atoms with Gasteiger partial charge in [0.25, 0.3) is 0 Å². The fourth-order valence-corrected chi connectivity index (χ4v) is 1.79. The van der Waals surface area contributed by atoms with Crippen molar-refractivity contribution in [3.05, 3.63) is 29.6 Å². The number of halogens is 1. The first-order chi connectivity index (χ1) is 7.65. The quantitative estimate of drug-likeness (QED) is 0.780. The molecular formula is C12H17FO2S. The van der Waals surface area contributed by atoms with Crippen molar-refractivity contribution in [3.63, 3.8) is 0 Å². The van der Waals surface area contributed by atoms with Gasteiger partial charge in [0, 0.05) is 17.4 Å². The van der Waals surface area contributed by atoms with E-state index in [4.69, 9.17) is 4.74 Å². The van der Waals surface area contributed by atoms with Crippen LogP contribution >= 0.6 is 11.8 Å². The SMILES string of the molecule is CCSCCOc1ccc([C@H](C)O)c(F)c1. The topological polar surface area (TPSA) is 29.5 Å². The molecular weight excluding hydrogens is 227 g/mol. The zero-order valence-corrected chi connectivity index (χ0v) is 10.4. The molecule has 90 valence electrons. The van der Waals surface area contributed by atoms with Gasteiger partial charge in [0.2, 0.25) is 0 Å². The average Bonchev–Trinajstić information content (AvgIpc) is 2.24. The smallest absolute Gasteiger partial charge is 0.132 e. The number of rotatable bonds is 6. The number of hydrogen-bond acceptors (Lipinski definition) is 3. The maximum atomic E-state index is 13.4. The number of benzene rings is 1. The van der Waals surface area contributed by atoms with Crippen molar-refractivity contribution >= 4 is 11.8 Å². The van der Waals surface area contributed by atoms with Crippen LogP contribution in [0.1, 0.15) is 25.5 Å². The first-order valence-corrected chi connectivity index (χ1v) is 6.48. The average molecular weight is 244 g/mol. The molecule has 0 bridgehead atoms. The van der Waals surface area contributed by atoms with Crippen LogP contribution in [0.5, 0.6) is 5.75 Å². The van der Waals surface area contributed by atoms with E-state index in [0.717, 1.165) is 11.5 Å². The first kappa shape index (κ1) is 13.3. The van der Waals surface area contributed by atoms with Crippen molar-refractivity contribution in [2.45, 2.75) is 20.0 Å². The van der Waals surface area contributed by atoms with Crippen molar-refractivity contribution in [1.82, 2.24) is 0 Å². The van der Waals surface area contributed by atoms with E-state index in [2.05, 4.69) is 6.92 Å². The summed E-state index contributed by atoms with van der Waals surface area (Å²) in [6.45, 7) is 4.20. The Bertz CT molecular complexity index is 329. The Balaban J connectivity index is 2.53. The van der Waals surface area contributed by atoms with Crippen LogP contribution in [0.3, 0.4) is 0 Å². The van der Waals surface area contributed by atoms with Gasteiger partial charge in [-0.1, -0.05) is 6.92 Å². The Kier molecular flexibility index (Phi) is 5.63. The Hall–Kier alpha value is -0.740. The summed E-state index contributed by atoms with van der Waals surface area (Å²) in [5, 5.41) is 9.26. The van der Waals surface area contributed by atoms with Crippen LogP contribution in [0, 0.1) is 5.82 Å². The first-order valence-electron chi connectivity index (χ1n) is 5.33. The van der Waals surface area contributed by atoms with E-state index < -0.39 is 11.9 Å². The molecule has 0 amide bonds. The van der Waals surface area contributed by atoms with Crippen LogP contribution in [-0.4, -0.2) is 23.2 Å². The van der Waals surface area contributed by atoms with Gasteiger partial charge in [0.05, 0.1) is 12.7 Å². The molecule has 0 unspecified atom stereocenters. The minimum Gasteiger partial charge on any atom is -0.493 e. The summed E-state index contributed by atoms with van der Waals surface area (Å²) in [5.74, 6) is 2.05. The van der Waals surface area contributed by atoms with Crippen LogP contribution in [-0.2, 0) is 0 Å². The third-order valence-electron chi connectivity index (χ3n) is 2.12. The molecule has 0 aliphatic carbocycles. The lowest BCUT2D eigenvalue weighted by molar-refractivity contribution is 0.194. The largest absolute Gasteiger partial charge is 0.493 e. The van der Waals surface area contributed by atoms with Crippen molar-refractivity contribution in [3.8, 4) is 5.75 Å². The number of hydrogen-bond donors (Lipinski definition) is 1. The summed E-state index contributed by atoms with van der Waals surface area (Å²) in [6, 6.07) is 4.56. The van der Waals surface area contributed by atoms with Crippen molar-refractivity contribution in [1.29, 1.82) is 0 Å². The van der Waals surface area contributed by atoms with Crippen LogP contribution < -0.4 is 4.74 Å². The Morgan fingerprint density at radius 1 is 1.50 bits per heavy atom. The Labute approximate surface area is 99.8 Å². The highest BCUT2D eigenvalue weighted by molar-refractivity contribution is 7.99. The molecule has 1 aromatic carbocycles. The summed E-state index contributed by atoms with van der Waals surface area (Å²) in [5.41, 5.74) is 0.301. The lowest BCUT2D eigenvalue weighted by Gasteiger charge is -2.09. The predicted octanol–water partition coefficient (Wildman–Crippen LogP) is 3.01. The number of thioether (sulfide) groups is 1. The summed E-state index contributed by atoms with van der Waals surface area (Å²) in [4.78, 5) is 0. The highest BCUT2D eigenvalue weighted by Crippen LogP contribution is 2.21. The van der Waals surface area contributed by atoms with Gasteiger partial charge in [-0.25, -0.2) is 4.39 Å². The Morgan fingerprint density at radius 3 is 2.81 bits per heavy atom. The third kappa shape index (κ3) is 4.02. The lowest BCUT2D eigenvalue weighted by Crippen LogP contribution is -2.02. The number of ether oxygens (including phenoxy) is 1. The summed E-state index contributed by atoms with van der Waals surface area (Å²) in [7, 11) is 0. The van der Waals surface area contributed by atoms with Crippen molar-refractivity contribution in [2.24, 2.45) is 0 Å². The second-order valence-electron chi connectivity index (χ2n) is 3.40. The zero-order valence-electron chi connectivity index (χ0n) is 9.57. The fourth-order valence-electron chi connectivity index (χ4n) is 1.30. The van der Waals surface area contributed by atoms with Crippen molar-refractivity contribution < 1.29 is 14.2 Å². The van der Waals surface area contributed by atoms with Gasteiger partial charge >= 0.3 is 0 Å². The maximum absolute atomic E-state index is 13.4. The predicted molar refractivity (Wildman–Crippen MR) is 65.5 cm³/mol. The summed E-state index contributed by atoms with van der Waals surface area (Å²) >= 11 is 1.78. The highest BCUT2D eigenvalue weighted by Gasteiger charge is 2.08. The molecule has 1 N–H and O–H groups in total. The monoisotopic (exact) mass is 244 g/mol. The normalized spacial score (nSPS) is 12.5. The minimum absolute atomic E-state index is 0.301. The van der Waals surface area contributed by atoms with E-state index in [1.54, 1.807) is 23.9 Å². The van der Waals surface area contributed by atoms with E-state index in [1.165, 1.54) is 13.0 Å². The van der Waals surface area contributed by atoms with Gasteiger partial charge < -0.3 is 9.84 Å². The molecule has 0 saturated carbocycles. The van der Waals surface area contributed by atoms with Crippen LogP contribution in [0.15, 0.2) is 18.2 Å². The maximum Gasteiger partial charge on any atom is 0.132 e. The molecule has 0 spiro atoms. The molecule has 1 rings (SSSR count). The van der Waals surface area contributed by atoms with Gasteiger partial charge in [0.15, 0.2) is 0 Å². The highest BCUT2D eigenvalue weighted by atomic mass is 32.2. The molecule has 0 aromatic heterocycles. The fraction of sp³-hybridized carbons (Fsp3) is 0.500. The second kappa shape index (κ2) is 6.76. The molecule has 2 nitrogen and oxygen atoms in total. The molecule has 0 saturated heterocycles. The molecule has 0 aliphatic rings. The minimum atomic E-state index is -0.787. The Morgan fingerprint density at radius 2 is 2.25 bits per heavy atom.